The lowest BCUT2D eigenvalue weighted by Gasteiger charge is -2.12. The zero-order valence-electron chi connectivity index (χ0n) is 10.3. The molecule has 0 fully saturated rings. The van der Waals surface area contributed by atoms with Crippen molar-refractivity contribution >= 4 is 16.0 Å². The Balaban J connectivity index is 2.38. The molecule has 0 spiro atoms. The number of aliphatic carboxylic acids is 1. The number of hydrogen-bond donors (Lipinski definition) is 2. The molecular weight excluding hydrogens is 274 g/mol. The van der Waals surface area contributed by atoms with Crippen molar-refractivity contribution in [2.24, 2.45) is 0 Å². The Hall–Kier alpha value is -1.80. The highest BCUT2D eigenvalue weighted by Gasteiger charge is 2.26. The molecule has 0 aliphatic carbocycles. The Labute approximate surface area is 110 Å². The molecule has 1 aliphatic heterocycles. The van der Waals surface area contributed by atoms with Crippen LogP contribution in [0.1, 0.15) is 12.5 Å². The fourth-order valence-corrected chi connectivity index (χ4v) is 3.10. The van der Waals surface area contributed by atoms with Crippen LogP contribution in [-0.2, 0) is 14.8 Å². The third-order valence-corrected chi connectivity index (χ3v) is 4.34. The van der Waals surface area contributed by atoms with Crippen molar-refractivity contribution in [1.29, 1.82) is 0 Å². The summed E-state index contributed by atoms with van der Waals surface area (Å²) < 4.78 is 36.5. The SMILES string of the molecule is Cc1cc2c(cc1S(=O)(=O)N[C@@H](C)C(=O)O)OCO2. The molecule has 0 amide bonds. The first kappa shape index (κ1) is 13.6. The monoisotopic (exact) mass is 287 g/mol. The maximum absolute atomic E-state index is 12.1. The van der Waals surface area contributed by atoms with Crippen molar-refractivity contribution in [3.05, 3.63) is 17.7 Å². The molecule has 1 aliphatic rings. The summed E-state index contributed by atoms with van der Waals surface area (Å²) in [4.78, 5) is 10.7. The lowest BCUT2D eigenvalue weighted by molar-refractivity contribution is -0.138. The van der Waals surface area contributed by atoms with E-state index in [-0.39, 0.29) is 11.7 Å². The van der Waals surface area contributed by atoms with Gasteiger partial charge in [-0.25, -0.2) is 8.42 Å². The van der Waals surface area contributed by atoms with Crippen LogP contribution in [0.25, 0.3) is 0 Å². The summed E-state index contributed by atoms with van der Waals surface area (Å²) in [6.07, 6.45) is 0. The minimum atomic E-state index is -3.92. The van der Waals surface area contributed by atoms with Crippen LogP contribution in [0.4, 0.5) is 0 Å². The fourth-order valence-electron chi connectivity index (χ4n) is 1.66. The number of carboxylic acids is 1. The van der Waals surface area contributed by atoms with E-state index < -0.39 is 22.0 Å². The first-order valence-electron chi connectivity index (χ1n) is 5.46. The zero-order chi connectivity index (χ0) is 14.2. The van der Waals surface area contributed by atoms with E-state index in [0.29, 0.717) is 17.1 Å². The normalized spacial score (nSPS) is 15.3. The molecule has 2 rings (SSSR count). The average Bonchev–Trinajstić information content (AvgIpc) is 2.73. The van der Waals surface area contributed by atoms with Gasteiger partial charge in [0.25, 0.3) is 0 Å². The van der Waals surface area contributed by atoms with Crippen LogP contribution in [0, 0.1) is 6.92 Å². The quantitative estimate of drug-likeness (QED) is 0.835. The highest BCUT2D eigenvalue weighted by Crippen LogP contribution is 2.36. The molecule has 0 bridgehead atoms. The van der Waals surface area contributed by atoms with Gasteiger partial charge in [-0.2, -0.15) is 4.72 Å². The number of sulfonamides is 1. The number of carbonyl (C=O) groups is 1. The Morgan fingerprint density at radius 3 is 2.53 bits per heavy atom. The van der Waals surface area contributed by atoms with E-state index in [1.807, 2.05) is 0 Å². The first-order chi connectivity index (χ1) is 8.81. The molecule has 1 aromatic carbocycles. The number of fused-ring (bicyclic) bond motifs is 1. The van der Waals surface area contributed by atoms with Crippen molar-refractivity contribution in [3.8, 4) is 11.5 Å². The van der Waals surface area contributed by atoms with Crippen molar-refractivity contribution in [2.75, 3.05) is 6.79 Å². The van der Waals surface area contributed by atoms with Crippen molar-refractivity contribution in [1.82, 2.24) is 4.72 Å². The molecule has 0 saturated heterocycles. The molecule has 0 aromatic heterocycles. The van der Waals surface area contributed by atoms with Crippen LogP contribution in [-0.4, -0.2) is 32.3 Å². The molecule has 0 unspecified atom stereocenters. The van der Waals surface area contributed by atoms with Gasteiger partial charge in [0.05, 0.1) is 4.90 Å². The molecule has 0 radical (unpaired) electrons. The van der Waals surface area contributed by atoms with Crippen LogP contribution in [0.2, 0.25) is 0 Å². The predicted octanol–water partition coefficient (Wildman–Crippen LogP) is 0.475. The van der Waals surface area contributed by atoms with Gasteiger partial charge in [-0.15, -0.1) is 0 Å². The van der Waals surface area contributed by atoms with E-state index in [4.69, 9.17) is 14.6 Å². The van der Waals surface area contributed by atoms with Crippen molar-refractivity contribution in [3.63, 3.8) is 0 Å². The summed E-state index contributed by atoms with van der Waals surface area (Å²) in [5.41, 5.74) is 0.453. The van der Waals surface area contributed by atoms with E-state index in [2.05, 4.69) is 4.72 Å². The van der Waals surface area contributed by atoms with Gasteiger partial charge in [-0.1, -0.05) is 0 Å². The van der Waals surface area contributed by atoms with Crippen LogP contribution in [0.15, 0.2) is 17.0 Å². The lowest BCUT2D eigenvalue weighted by Crippen LogP contribution is -2.38. The van der Waals surface area contributed by atoms with Crippen molar-refractivity contribution < 1.29 is 27.8 Å². The number of carboxylic acid groups (broad SMARTS) is 1. The summed E-state index contributed by atoms with van der Waals surface area (Å²) >= 11 is 0. The summed E-state index contributed by atoms with van der Waals surface area (Å²) in [5, 5.41) is 8.74. The minimum Gasteiger partial charge on any atom is -0.480 e. The minimum absolute atomic E-state index is 0.0233. The summed E-state index contributed by atoms with van der Waals surface area (Å²) in [5.74, 6) is -0.446. The van der Waals surface area contributed by atoms with E-state index >= 15 is 0 Å². The number of ether oxygens (including phenoxy) is 2. The molecular formula is C11H13NO6S. The predicted molar refractivity (Wildman–Crippen MR) is 64.7 cm³/mol. The maximum Gasteiger partial charge on any atom is 0.321 e. The third-order valence-electron chi connectivity index (χ3n) is 2.66. The molecule has 1 heterocycles. The second-order valence-electron chi connectivity index (χ2n) is 4.15. The van der Waals surface area contributed by atoms with Gasteiger partial charge in [0.1, 0.15) is 6.04 Å². The summed E-state index contributed by atoms with van der Waals surface area (Å²) in [6.45, 7) is 2.89. The van der Waals surface area contributed by atoms with Crippen LogP contribution in [0.3, 0.4) is 0 Å². The second kappa shape index (κ2) is 4.71. The maximum atomic E-state index is 12.1. The summed E-state index contributed by atoms with van der Waals surface area (Å²) in [6, 6.07) is 1.66. The van der Waals surface area contributed by atoms with Gasteiger partial charge in [0, 0.05) is 6.07 Å². The van der Waals surface area contributed by atoms with Gasteiger partial charge in [-0.3, -0.25) is 4.79 Å². The van der Waals surface area contributed by atoms with Gasteiger partial charge < -0.3 is 14.6 Å². The second-order valence-corrected chi connectivity index (χ2v) is 5.83. The smallest absolute Gasteiger partial charge is 0.321 e. The number of benzene rings is 1. The Morgan fingerprint density at radius 1 is 1.37 bits per heavy atom. The molecule has 8 heteroatoms. The third kappa shape index (κ3) is 2.64. The van der Waals surface area contributed by atoms with E-state index in [1.54, 1.807) is 13.0 Å². The zero-order valence-corrected chi connectivity index (χ0v) is 11.2. The highest BCUT2D eigenvalue weighted by atomic mass is 32.2. The van der Waals surface area contributed by atoms with E-state index in [9.17, 15) is 13.2 Å². The molecule has 1 atom stereocenters. The van der Waals surface area contributed by atoms with Crippen molar-refractivity contribution in [2.45, 2.75) is 24.8 Å². The molecule has 0 saturated carbocycles. The van der Waals surface area contributed by atoms with Crippen LogP contribution < -0.4 is 14.2 Å². The number of aryl methyl sites for hydroxylation is 1. The van der Waals surface area contributed by atoms with Crippen LogP contribution >= 0.6 is 0 Å². The first-order valence-corrected chi connectivity index (χ1v) is 6.95. The molecule has 7 nitrogen and oxygen atoms in total. The van der Waals surface area contributed by atoms with Gasteiger partial charge in [-0.05, 0) is 25.5 Å². The lowest BCUT2D eigenvalue weighted by atomic mass is 10.2. The van der Waals surface area contributed by atoms with Gasteiger partial charge in [0.15, 0.2) is 11.5 Å². The molecule has 1 aromatic rings. The highest BCUT2D eigenvalue weighted by molar-refractivity contribution is 7.89. The topological polar surface area (TPSA) is 102 Å². The number of rotatable bonds is 4. The Bertz CT molecular complexity index is 624. The Morgan fingerprint density at radius 2 is 1.95 bits per heavy atom. The molecule has 2 N–H and O–H groups in total. The molecule has 19 heavy (non-hydrogen) atoms. The van der Waals surface area contributed by atoms with Gasteiger partial charge in [0.2, 0.25) is 16.8 Å². The standard InChI is InChI=1S/C11H13NO6S/c1-6-3-8-9(18-5-17-8)4-10(6)19(15,16)12-7(2)11(13)14/h3-4,7,12H,5H2,1-2H3,(H,13,14)/t7-/m0/s1. The Kier molecular flexibility index (Phi) is 3.38. The van der Waals surface area contributed by atoms with Crippen LogP contribution in [0.5, 0.6) is 11.5 Å². The largest absolute Gasteiger partial charge is 0.480 e. The average molecular weight is 287 g/mol. The van der Waals surface area contributed by atoms with Gasteiger partial charge >= 0.3 is 5.97 Å². The van der Waals surface area contributed by atoms with E-state index in [0.717, 1.165) is 0 Å². The number of hydrogen-bond acceptors (Lipinski definition) is 5. The fraction of sp³-hybridized carbons (Fsp3) is 0.364. The number of nitrogens with one attached hydrogen (secondary N) is 1. The van der Waals surface area contributed by atoms with E-state index in [1.165, 1.54) is 13.0 Å². The summed E-state index contributed by atoms with van der Waals surface area (Å²) in [7, 11) is -3.92. The molecule has 104 valence electrons.